The molecule has 0 aliphatic carbocycles. The second-order valence-corrected chi connectivity index (χ2v) is 5.38. The van der Waals surface area contributed by atoms with Crippen molar-refractivity contribution in [3.8, 4) is 0 Å². The second-order valence-electron chi connectivity index (χ2n) is 3.99. The SMILES string of the molecule is CCCn1cc(C(N)=O)c(=O)c2cc(CCl)sc21. The van der Waals surface area contributed by atoms with Crippen LogP contribution in [0, 0.1) is 0 Å². The van der Waals surface area contributed by atoms with Crippen LogP contribution in [0.1, 0.15) is 28.6 Å². The number of carbonyl (C=O) groups is 1. The van der Waals surface area contributed by atoms with Crippen molar-refractivity contribution in [1.82, 2.24) is 4.57 Å². The van der Waals surface area contributed by atoms with Crippen LogP contribution in [-0.4, -0.2) is 10.5 Å². The Morgan fingerprint density at radius 1 is 1.56 bits per heavy atom. The molecule has 0 aromatic carbocycles. The van der Waals surface area contributed by atoms with Crippen LogP contribution < -0.4 is 11.2 Å². The molecule has 4 nitrogen and oxygen atoms in total. The van der Waals surface area contributed by atoms with E-state index >= 15 is 0 Å². The number of fused-ring (bicyclic) bond motifs is 1. The van der Waals surface area contributed by atoms with E-state index in [9.17, 15) is 9.59 Å². The van der Waals surface area contributed by atoms with Gasteiger partial charge in [0.1, 0.15) is 10.4 Å². The molecule has 2 rings (SSSR count). The Morgan fingerprint density at radius 2 is 2.28 bits per heavy atom. The molecule has 18 heavy (non-hydrogen) atoms. The van der Waals surface area contributed by atoms with Gasteiger partial charge in [0.25, 0.3) is 5.91 Å². The molecular weight excluding hydrogens is 272 g/mol. The average molecular weight is 285 g/mol. The molecule has 2 heterocycles. The van der Waals surface area contributed by atoms with Crippen molar-refractivity contribution < 1.29 is 4.79 Å². The predicted octanol–water partition coefficient (Wildman–Crippen LogP) is 2.31. The van der Waals surface area contributed by atoms with Crippen molar-refractivity contribution in [2.24, 2.45) is 5.73 Å². The Bertz CT molecular complexity index is 660. The third-order valence-electron chi connectivity index (χ3n) is 2.66. The predicted molar refractivity (Wildman–Crippen MR) is 74.5 cm³/mol. The van der Waals surface area contributed by atoms with Gasteiger partial charge in [-0.15, -0.1) is 22.9 Å². The lowest BCUT2D eigenvalue weighted by Crippen LogP contribution is -2.23. The highest BCUT2D eigenvalue weighted by molar-refractivity contribution is 7.18. The third kappa shape index (κ3) is 2.15. The smallest absolute Gasteiger partial charge is 0.254 e. The van der Waals surface area contributed by atoms with Crippen molar-refractivity contribution in [3.63, 3.8) is 0 Å². The van der Waals surface area contributed by atoms with Crippen molar-refractivity contribution in [1.29, 1.82) is 0 Å². The number of aryl methyl sites for hydroxylation is 1. The van der Waals surface area contributed by atoms with Gasteiger partial charge in [-0.2, -0.15) is 0 Å². The third-order valence-corrected chi connectivity index (χ3v) is 4.28. The molecule has 0 bridgehead atoms. The summed E-state index contributed by atoms with van der Waals surface area (Å²) in [7, 11) is 0. The van der Waals surface area contributed by atoms with Gasteiger partial charge in [0.2, 0.25) is 5.43 Å². The number of aromatic nitrogens is 1. The Labute approximate surface area is 113 Å². The van der Waals surface area contributed by atoms with Gasteiger partial charge in [0.05, 0.1) is 11.3 Å². The normalized spacial score (nSPS) is 11.0. The van der Waals surface area contributed by atoms with Crippen LogP contribution in [0.15, 0.2) is 17.1 Å². The van der Waals surface area contributed by atoms with Gasteiger partial charge in [-0.05, 0) is 12.5 Å². The molecule has 0 atom stereocenters. The maximum absolute atomic E-state index is 12.1. The quantitative estimate of drug-likeness (QED) is 0.876. The van der Waals surface area contributed by atoms with Gasteiger partial charge in [0.15, 0.2) is 0 Å². The van der Waals surface area contributed by atoms with Crippen LogP contribution in [0.4, 0.5) is 0 Å². The highest BCUT2D eigenvalue weighted by Gasteiger charge is 2.15. The first-order valence-electron chi connectivity index (χ1n) is 5.60. The maximum atomic E-state index is 12.1. The molecule has 6 heteroatoms. The minimum atomic E-state index is -0.689. The number of nitrogens with two attached hydrogens (primary N) is 1. The molecule has 0 fully saturated rings. The average Bonchev–Trinajstić information content (AvgIpc) is 2.77. The Balaban J connectivity index is 2.80. The van der Waals surface area contributed by atoms with Gasteiger partial charge >= 0.3 is 0 Å². The number of hydrogen-bond acceptors (Lipinski definition) is 3. The fraction of sp³-hybridized carbons (Fsp3) is 0.333. The fourth-order valence-electron chi connectivity index (χ4n) is 1.87. The van der Waals surface area contributed by atoms with Crippen LogP contribution in [-0.2, 0) is 12.4 Å². The summed E-state index contributed by atoms with van der Waals surface area (Å²) in [6.45, 7) is 2.77. The molecule has 0 aliphatic rings. The number of hydrogen-bond donors (Lipinski definition) is 1. The summed E-state index contributed by atoms with van der Waals surface area (Å²) in [5.41, 5.74) is 4.96. The molecule has 0 unspecified atom stereocenters. The minimum Gasteiger partial charge on any atom is -0.365 e. The molecule has 0 radical (unpaired) electrons. The van der Waals surface area contributed by atoms with Gasteiger partial charge < -0.3 is 10.3 Å². The number of rotatable bonds is 4. The van der Waals surface area contributed by atoms with Gasteiger partial charge in [-0.3, -0.25) is 9.59 Å². The lowest BCUT2D eigenvalue weighted by molar-refractivity contribution is 0.0998. The molecule has 2 N–H and O–H groups in total. The van der Waals surface area contributed by atoms with E-state index in [2.05, 4.69) is 0 Å². The van der Waals surface area contributed by atoms with E-state index in [4.69, 9.17) is 17.3 Å². The van der Waals surface area contributed by atoms with Crippen LogP contribution in [0.25, 0.3) is 10.2 Å². The number of nitrogens with zero attached hydrogens (tertiary/aromatic N) is 1. The van der Waals surface area contributed by atoms with E-state index in [0.29, 0.717) is 11.3 Å². The summed E-state index contributed by atoms with van der Waals surface area (Å²) >= 11 is 7.27. The van der Waals surface area contributed by atoms with E-state index in [0.717, 1.165) is 22.7 Å². The van der Waals surface area contributed by atoms with Crippen LogP contribution in [0.3, 0.4) is 0 Å². The summed E-state index contributed by atoms with van der Waals surface area (Å²) in [5, 5.41) is 0.528. The Morgan fingerprint density at radius 3 is 2.83 bits per heavy atom. The van der Waals surface area contributed by atoms with E-state index in [1.54, 1.807) is 12.3 Å². The maximum Gasteiger partial charge on any atom is 0.254 e. The first kappa shape index (κ1) is 13.1. The summed E-state index contributed by atoms with van der Waals surface area (Å²) < 4.78 is 1.90. The number of alkyl halides is 1. The van der Waals surface area contributed by atoms with Crippen LogP contribution in [0.2, 0.25) is 0 Å². The van der Waals surface area contributed by atoms with E-state index in [1.165, 1.54) is 11.3 Å². The molecule has 0 spiro atoms. The Hall–Kier alpha value is -1.33. The number of pyridine rings is 1. The highest BCUT2D eigenvalue weighted by atomic mass is 35.5. The number of halogens is 1. The monoisotopic (exact) mass is 284 g/mol. The zero-order valence-electron chi connectivity index (χ0n) is 9.90. The highest BCUT2D eigenvalue weighted by Crippen LogP contribution is 2.25. The minimum absolute atomic E-state index is 0.0369. The molecule has 0 aliphatic heterocycles. The van der Waals surface area contributed by atoms with Gasteiger partial charge in [-0.1, -0.05) is 6.92 Å². The van der Waals surface area contributed by atoms with Crippen molar-refractivity contribution in [3.05, 3.63) is 32.9 Å². The van der Waals surface area contributed by atoms with E-state index in [-0.39, 0.29) is 11.0 Å². The lowest BCUT2D eigenvalue weighted by atomic mass is 10.2. The largest absolute Gasteiger partial charge is 0.365 e. The second kappa shape index (κ2) is 5.12. The molecule has 0 saturated carbocycles. The van der Waals surface area contributed by atoms with Crippen LogP contribution in [0.5, 0.6) is 0 Å². The molecule has 2 aromatic heterocycles. The standard InChI is InChI=1S/C12H13ClN2O2S/c1-2-3-15-6-9(11(14)17)10(16)8-4-7(5-13)18-12(8)15/h4,6H,2-3,5H2,1H3,(H2,14,17). The summed E-state index contributed by atoms with van der Waals surface area (Å²) in [6, 6.07) is 1.74. The summed E-state index contributed by atoms with van der Waals surface area (Å²) in [5.74, 6) is -0.332. The Kier molecular flexibility index (Phi) is 3.73. The number of carbonyl (C=O) groups excluding carboxylic acids is 1. The van der Waals surface area contributed by atoms with E-state index in [1.807, 2.05) is 11.5 Å². The first-order valence-corrected chi connectivity index (χ1v) is 6.95. The zero-order valence-corrected chi connectivity index (χ0v) is 11.5. The summed E-state index contributed by atoms with van der Waals surface area (Å²) in [4.78, 5) is 25.2. The molecule has 1 amide bonds. The van der Waals surface area contributed by atoms with Gasteiger partial charge in [-0.25, -0.2) is 0 Å². The topological polar surface area (TPSA) is 65.1 Å². The fourth-order valence-corrected chi connectivity index (χ4v) is 3.12. The van der Waals surface area contributed by atoms with Crippen LogP contribution >= 0.6 is 22.9 Å². The summed E-state index contributed by atoms with van der Waals surface area (Å²) in [6.07, 6.45) is 2.45. The van der Waals surface area contributed by atoms with Gasteiger partial charge in [0, 0.05) is 17.6 Å². The van der Waals surface area contributed by atoms with Crippen molar-refractivity contribution >= 4 is 39.1 Å². The molecule has 2 aromatic rings. The number of amides is 1. The van der Waals surface area contributed by atoms with Crippen molar-refractivity contribution in [2.75, 3.05) is 0 Å². The molecular formula is C12H13ClN2O2S. The van der Waals surface area contributed by atoms with Crippen molar-refractivity contribution in [2.45, 2.75) is 25.8 Å². The lowest BCUT2D eigenvalue weighted by Gasteiger charge is -2.07. The number of thiophene rings is 1. The van der Waals surface area contributed by atoms with E-state index < -0.39 is 5.91 Å². The first-order chi connectivity index (χ1) is 8.58. The zero-order chi connectivity index (χ0) is 13.3. The molecule has 0 saturated heterocycles. The molecule has 96 valence electrons. The number of primary amides is 1.